The molecule has 114 valence electrons. The predicted molar refractivity (Wildman–Crippen MR) is 85.8 cm³/mol. The number of nitrogen functional groups attached to an aromatic ring is 2. The van der Waals surface area contributed by atoms with Crippen LogP contribution in [0.3, 0.4) is 0 Å². The number of anilines is 2. The molecule has 1 aromatic heterocycles. The summed E-state index contributed by atoms with van der Waals surface area (Å²) in [4.78, 5) is 16.2. The van der Waals surface area contributed by atoms with Crippen molar-refractivity contribution in [2.45, 2.75) is 32.6 Å². The summed E-state index contributed by atoms with van der Waals surface area (Å²) in [7, 11) is 0.689. The van der Waals surface area contributed by atoms with Crippen molar-refractivity contribution in [3.05, 3.63) is 18.1 Å². The van der Waals surface area contributed by atoms with Gasteiger partial charge in [0.15, 0.2) is 11.6 Å². The minimum Gasteiger partial charge on any atom is -0.491 e. The van der Waals surface area contributed by atoms with Crippen LogP contribution in [-0.2, 0) is 0 Å². The Morgan fingerprint density at radius 1 is 1.40 bits per heavy atom. The van der Waals surface area contributed by atoms with Crippen molar-refractivity contribution in [3.63, 3.8) is 0 Å². The number of allylic oxidation sites excluding steroid dienone is 1. The van der Waals surface area contributed by atoms with E-state index in [-0.39, 0.29) is 11.8 Å². The van der Waals surface area contributed by atoms with Gasteiger partial charge < -0.3 is 21.1 Å². The van der Waals surface area contributed by atoms with Crippen LogP contribution in [0.15, 0.2) is 18.1 Å². The number of methoxy groups -OCH3 is 1. The summed E-state index contributed by atoms with van der Waals surface area (Å²) < 4.78 is 4.79. The molecule has 1 atom stereocenters. The molecule has 0 aliphatic rings. The van der Waals surface area contributed by atoms with E-state index in [9.17, 15) is 0 Å². The first kappa shape index (κ1) is 18.6. The van der Waals surface area contributed by atoms with Crippen molar-refractivity contribution < 1.29 is 9.63 Å². The maximum atomic E-state index is 8.89. The van der Waals surface area contributed by atoms with Crippen LogP contribution >= 0.6 is 8.15 Å². The number of hydrogen-bond donors (Lipinski definition) is 3. The Morgan fingerprint density at radius 2 is 2.10 bits per heavy atom. The summed E-state index contributed by atoms with van der Waals surface area (Å²) in [5, 5.41) is 0. The summed E-state index contributed by atoms with van der Waals surface area (Å²) in [6.45, 7) is 4.04. The van der Waals surface area contributed by atoms with E-state index in [4.69, 9.17) is 21.1 Å². The molecule has 7 heteroatoms. The first-order valence-corrected chi connectivity index (χ1v) is 8.32. The fourth-order valence-corrected chi connectivity index (χ4v) is 1.75. The van der Waals surface area contributed by atoms with Gasteiger partial charge in [-0.3, -0.25) is 0 Å². The lowest BCUT2D eigenvalue weighted by atomic mass is 10.2. The topological polar surface area (TPSA) is 107 Å². The van der Waals surface area contributed by atoms with E-state index < -0.39 is 8.15 Å². The minimum absolute atomic E-state index is 0.151. The molecular formula is C13H25N4O2P. The smallest absolute Gasteiger partial charge is 0.222 e. The van der Waals surface area contributed by atoms with Crippen LogP contribution in [0, 0.1) is 0 Å². The van der Waals surface area contributed by atoms with Crippen LogP contribution in [0.5, 0.6) is 5.75 Å². The van der Waals surface area contributed by atoms with Gasteiger partial charge in [0.2, 0.25) is 5.95 Å². The zero-order valence-electron chi connectivity index (χ0n) is 12.4. The van der Waals surface area contributed by atoms with Crippen molar-refractivity contribution in [2.75, 3.05) is 25.2 Å². The van der Waals surface area contributed by atoms with Crippen LogP contribution in [0.1, 0.15) is 32.6 Å². The molecule has 6 nitrogen and oxygen atoms in total. The Kier molecular flexibility index (Phi) is 10.6. The highest BCUT2D eigenvalue weighted by Gasteiger charge is 1.99. The van der Waals surface area contributed by atoms with Crippen molar-refractivity contribution in [1.82, 2.24) is 9.97 Å². The molecule has 1 aromatic rings. The van der Waals surface area contributed by atoms with Gasteiger partial charge in [-0.25, -0.2) is 4.98 Å². The Balaban J connectivity index is 0.000000361. The summed E-state index contributed by atoms with van der Waals surface area (Å²) in [5.41, 5.74) is 10.6. The van der Waals surface area contributed by atoms with Crippen LogP contribution in [0.2, 0.25) is 0 Å². The summed E-state index contributed by atoms with van der Waals surface area (Å²) in [6.07, 6.45) is 8.47. The van der Waals surface area contributed by atoms with Gasteiger partial charge in [-0.05, 0) is 25.3 Å². The molecule has 0 amide bonds. The van der Waals surface area contributed by atoms with Gasteiger partial charge in [-0.2, -0.15) is 4.98 Å². The van der Waals surface area contributed by atoms with Crippen molar-refractivity contribution in [3.8, 4) is 5.75 Å². The Bertz CT molecular complexity index is 400. The average molecular weight is 300 g/mol. The quantitative estimate of drug-likeness (QED) is 0.551. The zero-order valence-corrected chi connectivity index (χ0v) is 13.3. The lowest BCUT2D eigenvalue weighted by Gasteiger charge is -2.00. The number of aromatic nitrogens is 2. The number of nitrogens with two attached hydrogens (primary N) is 2. The van der Waals surface area contributed by atoms with Gasteiger partial charge in [0.05, 0.1) is 13.3 Å². The highest BCUT2D eigenvalue weighted by Crippen LogP contribution is 2.25. The largest absolute Gasteiger partial charge is 0.491 e. The van der Waals surface area contributed by atoms with Gasteiger partial charge in [-0.1, -0.05) is 25.8 Å². The zero-order chi connectivity index (χ0) is 15.4. The average Bonchev–Trinajstić information content (AvgIpc) is 2.39. The van der Waals surface area contributed by atoms with Gasteiger partial charge in [0.1, 0.15) is 0 Å². The second-order valence-corrected chi connectivity index (χ2v) is 5.58. The van der Waals surface area contributed by atoms with Crippen molar-refractivity contribution in [2.24, 2.45) is 0 Å². The molecule has 20 heavy (non-hydrogen) atoms. The molecule has 0 fully saturated rings. The van der Waals surface area contributed by atoms with Crippen LogP contribution in [0.4, 0.5) is 11.8 Å². The molecule has 0 aromatic carbocycles. The standard InChI is InChI=1S/C8H17OP.C5H8N4O/c1-3-4-5-6-7-8-10(2)9;1-10-3-2-8-5(7)9-4(3)6/h7-9H,3-6H2,1-2H3;2H,1H3,(H4,6,7,8,9)/b8-7+;. The molecule has 0 spiro atoms. The van der Waals surface area contributed by atoms with Gasteiger partial charge in [0, 0.05) is 8.15 Å². The fourth-order valence-electron chi connectivity index (χ4n) is 1.29. The number of hydrogen-bond acceptors (Lipinski definition) is 6. The molecule has 0 aliphatic carbocycles. The predicted octanol–water partition coefficient (Wildman–Crippen LogP) is 2.75. The van der Waals surface area contributed by atoms with Crippen LogP contribution in [0.25, 0.3) is 0 Å². The third kappa shape index (κ3) is 9.53. The molecule has 1 heterocycles. The van der Waals surface area contributed by atoms with E-state index in [1.807, 2.05) is 12.5 Å². The summed E-state index contributed by atoms with van der Waals surface area (Å²) >= 11 is 0. The lowest BCUT2D eigenvalue weighted by molar-refractivity contribution is 0.413. The monoisotopic (exact) mass is 300 g/mol. The molecule has 0 saturated carbocycles. The number of nitrogens with zero attached hydrogens (tertiary/aromatic N) is 2. The Hall–Kier alpha value is -1.39. The first-order chi connectivity index (χ1) is 9.51. The molecule has 0 radical (unpaired) electrons. The number of unbranched alkanes of at least 4 members (excludes halogenated alkanes) is 3. The summed E-state index contributed by atoms with van der Waals surface area (Å²) in [5.74, 6) is 2.76. The molecule has 0 saturated heterocycles. The maximum Gasteiger partial charge on any atom is 0.222 e. The van der Waals surface area contributed by atoms with E-state index in [1.165, 1.54) is 32.6 Å². The highest BCUT2D eigenvalue weighted by molar-refractivity contribution is 7.54. The summed E-state index contributed by atoms with van der Waals surface area (Å²) in [6, 6.07) is 0. The van der Waals surface area contributed by atoms with Gasteiger partial charge in [0.25, 0.3) is 0 Å². The molecular weight excluding hydrogens is 275 g/mol. The van der Waals surface area contributed by atoms with E-state index >= 15 is 0 Å². The number of rotatable bonds is 6. The third-order valence-electron chi connectivity index (χ3n) is 2.32. The van der Waals surface area contributed by atoms with Crippen LogP contribution < -0.4 is 16.2 Å². The van der Waals surface area contributed by atoms with E-state index in [0.717, 1.165) is 6.42 Å². The molecule has 0 aliphatic heterocycles. The Labute approximate surface area is 122 Å². The molecule has 1 unspecified atom stereocenters. The Morgan fingerprint density at radius 3 is 2.60 bits per heavy atom. The highest BCUT2D eigenvalue weighted by atomic mass is 31.1. The minimum atomic E-state index is -0.802. The molecule has 0 bridgehead atoms. The fraction of sp³-hybridized carbons (Fsp3) is 0.538. The second-order valence-electron chi connectivity index (χ2n) is 4.14. The second kappa shape index (κ2) is 11.4. The van der Waals surface area contributed by atoms with E-state index in [2.05, 4.69) is 23.0 Å². The number of ether oxygens (including phenoxy) is 1. The van der Waals surface area contributed by atoms with E-state index in [0.29, 0.717) is 5.75 Å². The first-order valence-electron chi connectivity index (χ1n) is 6.51. The lowest BCUT2D eigenvalue weighted by Crippen LogP contribution is -2.01. The van der Waals surface area contributed by atoms with Crippen molar-refractivity contribution in [1.29, 1.82) is 0 Å². The maximum absolute atomic E-state index is 8.89. The third-order valence-corrected chi connectivity index (χ3v) is 2.96. The molecule has 5 N–H and O–H groups in total. The van der Waals surface area contributed by atoms with E-state index in [1.54, 1.807) is 0 Å². The molecule has 1 rings (SSSR count). The van der Waals surface area contributed by atoms with Crippen molar-refractivity contribution >= 4 is 19.9 Å². The van der Waals surface area contributed by atoms with Gasteiger partial charge >= 0.3 is 0 Å². The van der Waals surface area contributed by atoms with Gasteiger partial charge in [-0.15, -0.1) is 0 Å². The van der Waals surface area contributed by atoms with Crippen LogP contribution in [-0.4, -0.2) is 28.6 Å². The normalized spacial score (nSPS) is 11.8. The SMILES string of the molecule is CCCCC/C=C/P(C)O.COc1cnc(N)nc1N.